The van der Waals surface area contributed by atoms with E-state index in [1.54, 1.807) is 11.8 Å². The fourth-order valence-electron chi connectivity index (χ4n) is 3.48. The van der Waals surface area contributed by atoms with Crippen LogP contribution in [0.25, 0.3) is 0 Å². The van der Waals surface area contributed by atoms with Crippen molar-refractivity contribution in [1.29, 1.82) is 0 Å². The molecule has 2 amide bonds. The summed E-state index contributed by atoms with van der Waals surface area (Å²) < 4.78 is 5.15. The molecule has 6 nitrogen and oxygen atoms in total. The number of benzene rings is 1. The summed E-state index contributed by atoms with van der Waals surface area (Å²) in [6.45, 7) is 3.10. The number of hydrogen-bond donors (Lipinski definition) is 1. The first kappa shape index (κ1) is 21.0. The predicted molar refractivity (Wildman–Crippen MR) is 112 cm³/mol. The fraction of sp³-hybridized carbons (Fsp3) is 0.409. The highest BCUT2D eigenvalue weighted by Crippen LogP contribution is 2.21. The monoisotopic (exact) mass is 414 g/mol. The summed E-state index contributed by atoms with van der Waals surface area (Å²) in [7, 11) is 0. The van der Waals surface area contributed by atoms with Gasteiger partial charge in [0, 0.05) is 25.4 Å². The van der Waals surface area contributed by atoms with Gasteiger partial charge in [0.05, 0.1) is 11.5 Å². The van der Waals surface area contributed by atoms with Crippen molar-refractivity contribution in [2.45, 2.75) is 32.2 Å². The Morgan fingerprint density at radius 3 is 2.48 bits per heavy atom. The van der Waals surface area contributed by atoms with E-state index < -0.39 is 12.0 Å². The summed E-state index contributed by atoms with van der Waals surface area (Å²) in [5.74, 6) is -0.764. The number of piperidine rings is 1. The molecule has 1 atom stereocenters. The maximum atomic E-state index is 12.8. The second-order valence-corrected chi connectivity index (χ2v) is 7.99. The van der Waals surface area contributed by atoms with Crippen LogP contribution in [0.3, 0.4) is 0 Å². The minimum atomic E-state index is -0.712. The van der Waals surface area contributed by atoms with Gasteiger partial charge in [-0.25, -0.2) is 4.79 Å². The van der Waals surface area contributed by atoms with Crippen molar-refractivity contribution < 1.29 is 19.1 Å². The molecule has 7 heteroatoms. The van der Waals surface area contributed by atoms with Gasteiger partial charge < -0.3 is 15.0 Å². The van der Waals surface area contributed by atoms with Gasteiger partial charge in [-0.05, 0) is 36.8 Å². The van der Waals surface area contributed by atoms with Crippen molar-refractivity contribution in [3.8, 4) is 0 Å². The molecule has 1 saturated heterocycles. The van der Waals surface area contributed by atoms with Crippen LogP contribution in [0.15, 0.2) is 47.8 Å². The van der Waals surface area contributed by atoms with Crippen molar-refractivity contribution in [2.75, 3.05) is 19.7 Å². The van der Waals surface area contributed by atoms with Crippen molar-refractivity contribution in [1.82, 2.24) is 10.2 Å². The number of nitrogens with zero attached hydrogens (tertiary/aromatic N) is 1. The lowest BCUT2D eigenvalue weighted by Gasteiger charge is -2.31. The molecule has 1 unspecified atom stereocenters. The van der Waals surface area contributed by atoms with E-state index in [4.69, 9.17) is 4.74 Å². The molecule has 1 N–H and O–H groups in total. The van der Waals surface area contributed by atoms with E-state index in [1.807, 2.05) is 47.8 Å². The molecule has 2 heterocycles. The Labute approximate surface area is 174 Å². The average Bonchev–Trinajstić information content (AvgIpc) is 3.28. The lowest BCUT2D eigenvalue weighted by Crippen LogP contribution is -2.48. The topological polar surface area (TPSA) is 75.7 Å². The maximum absolute atomic E-state index is 12.8. The van der Waals surface area contributed by atoms with Gasteiger partial charge in [-0.15, -0.1) is 11.3 Å². The minimum absolute atomic E-state index is 0.0207. The predicted octanol–water partition coefficient (Wildman–Crippen LogP) is 2.89. The zero-order valence-electron chi connectivity index (χ0n) is 16.5. The Balaban J connectivity index is 1.57. The summed E-state index contributed by atoms with van der Waals surface area (Å²) in [5, 5.41) is 4.76. The zero-order valence-corrected chi connectivity index (χ0v) is 17.3. The summed E-state index contributed by atoms with van der Waals surface area (Å²) >= 11 is 1.43. The maximum Gasteiger partial charge on any atom is 0.328 e. The number of carbonyl (C=O) groups is 3. The number of nitrogens with one attached hydrogen (secondary N) is 1. The van der Waals surface area contributed by atoms with Gasteiger partial charge in [-0.1, -0.05) is 36.4 Å². The third-order valence-corrected chi connectivity index (χ3v) is 5.91. The highest BCUT2D eigenvalue weighted by atomic mass is 32.1. The molecule has 1 fully saturated rings. The van der Waals surface area contributed by atoms with Crippen LogP contribution in [-0.2, 0) is 20.7 Å². The van der Waals surface area contributed by atoms with Crippen molar-refractivity contribution in [3.63, 3.8) is 0 Å². The Morgan fingerprint density at radius 1 is 1.14 bits per heavy atom. The van der Waals surface area contributed by atoms with Gasteiger partial charge in [0.1, 0.15) is 6.04 Å². The van der Waals surface area contributed by atoms with Crippen LogP contribution in [0.2, 0.25) is 0 Å². The molecule has 0 spiro atoms. The van der Waals surface area contributed by atoms with Gasteiger partial charge >= 0.3 is 5.97 Å². The summed E-state index contributed by atoms with van der Waals surface area (Å²) in [6, 6.07) is 12.5. The molecule has 1 aromatic carbocycles. The molecule has 2 aromatic rings. The first-order valence-electron chi connectivity index (χ1n) is 9.92. The van der Waals surface area contributed by atoms with Crippen LogP contribution >= 0.6 is 11.3 Å². The van der Waals surface area contributed by atoms with E-state index in [0.717, 1.165) is 10.4 Å². The Hall–Kier alpha value is -2.67. The van der Waals surface area contributed by atoms with E-state index in [1.165, 1.54) is 11.3 Å². The molecule has 154 valence electrons. The molecule has 0 radical (unpaired) electrons. The average molecular weight is 415 g/mol. The lowest BCUT2D eigenvalue weighted by atomic mass is 9.95. The summed E-state index contributed by atoms with van der Waals surface area (Å²) in [4.78, 5) is 40.1. The molecule has 1 aliphatic rings. The van der Waals surface area contributed by atoms with Crippen molar-refractivity contribution in [2.24, 2.45) is 5.92 Å². The third-order valence-electron chi connectivity index (χ3n) is 5.06. The van der Waals surface area contributed by atoms with Crippen LogP contribution in [0, 0.1) is 5.92 Å². The van der Waals surface area contributed by atoms with Gasteiger partial charge in [0.2, 0.25) is 5.91 Å². The Bertz CT molecular complexity index is 815. The van der Waals surface area contributed by atoms with Crippen LogP contribution in [-0.4, -0.2) is 48.4 Å². The standard InChI is InChI=1S/C22H26N2O4S/c1-2-28-22(27)18(15-16-7-4-3-5-8-16)23-20(25)17-10-12-24(13-11-17)21(26)19-9-6-14-29-19/h3-9,14,17-18H,2,10-13,15H2,1H3,(H,23,25). The summed E-state index contributed by atoms with van der Waals surface area (Å²) in [6.07, 6.45) is 1.56. The minimum Gasteiger partial charge on any atom is -0.464 e. The Morgan fingerprint density at radius 2 is 1.86 bits per heavy atom. The van der Waals surface area contributed by atoms with E-state index in [0.29, 0.717) is 32.4 Å². The van der Waals surface area contributed by atoms with E-state index in [9.17, 15) is 14.4 Å². The molecule has 1 aromatic heterocycles. The van der Waals surface area contributed by atoms with Gasteiger partial charge in [-0.2, -0.15) is 0 Å². The number of hydrogen-bond acceptors (Lipinski definition) is 5. The molecule has 0 bridgehead atoms. The number of ether oxygens (including phenoxy) is 1. The quantitative estimate of drug-likeness (QED) is 0.707. The van der Waals surface area contributed by atoms with Crippen LogP contribution in [0.5, 0.6) is 0 Å². The smallest absolute Gasteiger partial charge is 0.328 e. The SMILES string of the molecule is CCOC(=O)C(Cc1ccccc1)NC(=O)C1CCN(C(=O)c2cccs2)CC1. The molecule has 3 rings (SSSR count). The first-order valence-corrected chi connectivity index (χ1v) is 10.8. The second kappa shape index (κ2) is 10.2. The number of amides is 2. The zero-order chi connectivity index (χ0) is 20.6. The van der Waals surface area contributed by atoms with Gasteiger partial charge in [0.15, 0.2) is 0 Å². The normalized spacial score (nSPS) is 15.6. The first-order chi connectivity index (χ1) is 14.1. The number of rotatable bonds is 7. The van der Waals surface area contributed by atoms with Crippen LogP contribution in [0.4, 0.5) is 0 Å². The third kappa shape index (κ3) is 5.67. The van der Waals surface area contributed by atoms with E-state index in [-0.39, 0.29) is 24.3 Å². The van der Waals surface area contributed by atoms with Crippen LogP contribution in [0.1, 0.15) is 35.0 Å². The number of esters is 1. The molecule has 0 saturated carbocycles. The molecular formula is C22H26N2O4S. The van der Waals surface area contributed by atoms with Crippen molar-refractivity contribution >= 4 is 29.1 Å². The van der Waals surface area contributed by atoms with Gasteiger partial charge in [0.25, 0.3) is 5.91 Å². The van der Waals surface area contributed by atoms with Gasteiger partial charge in [-0.3, -0.25) is 9.59 Å². The number of likely N-dealkylation sites (tertiary alicyclic amines) is 1. The van der Waals surface area contributed by atoms with E-state index >= 15 is 0 Å². The lowest BCUT2D eigenvalue weighted by molar-refractivity contribution is -0.148. The number of thiophene rings is 1. The Kier molecular flexibility index (Phi) is 7.41. The van der Waals surface area contributed by atoms with Crippen molar-refractivity contribution in [3.05, 3.63) is 58.3 Å². The summed E-state index contributed by atoms with van der Waals surface area (Å²) in [5.41, 5.74) is 0.960. The van der Waals surface area contributed by atoms with Crippen LogP contribution < -0.4 is 5.32 Å². The highest BCUT2D eigenvalue weighted by Gasteiger charge is 2.31. The fourth-order valence-corrected chi connectivity index (χ4v) is 4.17. The largest absolute Gasteiger partial charge is 0.464 e. The van der Waals surface area contributed by atoms with E-state index in [2.05, 4.69) is 5.32 Å². The molecule has 1 aliphatic heterocycles. The highest BCUT2D eigenvalue weighted by molar-refractivity contribution is 7.12. The molecule has 0 aliphatic carbocycles. The molecule has 29 heavy (non-hydrogen) atoms. The second-order valence-electron chi connectivity index (χ2n) is 7.05. The number of carbonyl (C=O) groups excluding carboxylic acids is 3. The molecular weight excluding hydrogens is 388 g/mol.